The maximum absolute atomic E-state index is 12.7. The number of nitrogens with one attached hydrogen (secondary N) is 1. The normalized spacial score (nSPS) is 31.6. The molecule has 0 atom stereocenters. The molecule has 4 fully saturated rings. The largest absolute Gasteiger partial charge is 0.452 e. The maximum atomic E-state index is 12.7. The van der Waals surface area contributed by atoms with Gasteiger partial charge in [0, 0.05) is 5.54 Å². The Morgan fingerprint density at radius 1 is 1.07 bits per heavy atom. The quantitative estimate of drug-likeness (QED) is 0.804. The number of halogens is 3. The molecule has 5 rings (SSSR count). The van der Waals surface area contributed by atoms with Crippen molar-refractivity contribution in [1.29, 1.82) is 0 Å². The first-order chi connectivity index (χ1) is 12.7. The van der Waals surface area contributed by atoms with Crippen LogP contribution in [0.1, 0.15) is 54.4 Å². The molecule has 4 aliphatic carbocycles. The Morgan fingerprint density at radius 3 is 2.22 bits per heavy atom. The molecule has 1 aromatic rings. The van der Waals surface area contributed by atoms with Gasteiger partial charge in [-0.3, -0.25) is 4.79 Å². The monoisotopic (exact) mass is 381 g/mol. The molecule has 7 heteroatoms. The summed E-state index contributed by atoms with van der Waals surface area (Å²) in [6, 6.07) is 4.01. The molecule has 0 saturated heterocycles. The number of hydrogen-bond donors (Lipinski definition) is 1. The van der Waals surface area contributed by atoms with Crippen LogP contribution >= 0.6 is 0 Å². The van der Waals surface area contributed by atoms with Crippen molar-refractivity contribution in [2.24, 2.45) is 17.8 Å². The van der Waals surface area contributed by atoms with Crippen LogP contribution in [0.5, 0.6) is 0 Å². The fraction of sp³-hybridized carbons (Fsp3) is 0.600. The summed E-state index contributed by atoms with van der Waals surface area (Å²) in [5.74, 6) is 0.705. The van der Waals surface area contributed by atoms with Crippen LogP contribution in [-0.2, 0) is 15.7 Å². The van der Waals surface area contributed by atoms with Gasteiger partial charge < -0.3 is 10.1 Å². The second-order valence-corrected chi connectivity index (χ2v) is 8.40. The molecule has 0 aromatic heterocycles. The van der Waals surface area contributed by atoms with Crippen molar-refractivity contribution < 1.29 is 27.5 Å². The van der Waals surface area contributed by atoms with Gasteiger partial charge in [0.25, 0.3) is 5.91 Å². The minimum atomic E-state index is -4.54. The molecule has 27 heavy (non-hydrogen) atoms. The summed E-state index contributed by atoms with van der Waals surface area (Å²) in [4.78, 5) is 24.3. The van der Waals surface area contributed by atoms with Crippen LogP contribution in [0.15, 0.2) is 24.3 Å². The minimum absolute atomic E-state index is 0.186. The molecule has 0 radical (unpaired) electrons. The number of esters is 1. The standard InChI is InChI=1S/C20H22F3NO3/c21-20(22,23)16-3-1-2-15(7-16)18(26)27-11-17(25)24-19-8-12-4-13(9-19)6-14(5-12)10-19/h1-3,7,12-14H,4-6,8-11H2,(H,24,25). The average Bonchev–Trinajstić information content (AvgIpc) is 2.57. The highest BCUT2D eigenvalue weighted by atomic mass is 19.4. The van der Waals surface area contributed by atoms with Crippen LogP contribution in [0.2, 0.25) is 0 Å². The van der Waals surface area contributed by atoms with Crippen LogP contribution in [0.3, 0.4) is 0 Å². The maximum Gasteiger partial charge on any atom is 0.416 e. The molecule has 0 spiro atoms. The van der Waals surface area contributed by atoms with Crippen LogP contribution in [0.4, 0.5) is 13.2 Å². The van der Waals surface area contributed by atoms with Gasteiger partial charge in [0.2, 0.25) is 0 Å². The van der Waals surface area contributed by atoms with Gasteiger partial charge in [-0.2, -0.15) is 13.2 Å². The lowest BCUT2D eigenvalue weighted by Gasteiger charge is -2.56. The SMILES string of the molecule is O=C(COC(=O)c1cccc(C(F)(F)F)c1)NC12CC3CC(CC(C3)C1)C2. The zero-order valence-electron chi connectivity index (χ0n) is 14.8. The molecular weight excluding hydrogens is 359 g/mol. The zero-order chi connectivity index (χ0) is 19.2. The summed E-state index contributed by atoms with van der Waals surface area (Å²) in [6.45, 7) is -0.475. The third kappa shape index (κ3) is 3.82. The predicted molar refractivity (Wildman–Crippen MR) is 90.8 cm³/mol. The van der Waals surface area contributed by atoms with E-state index in [0.29, 0.717) is 17.8 Å². The van der Waals surface area contributed by atoms with Crippen molar-refractivity contribution in [2.75, 3.05) is 6.61 Å². The first-order valence-electron chi connectivity index (χ1n) is 9.38. The zero-order valence-corrected chi connectivity index (χ0v) is 14.8. The third-order valence-electron chi connectivity index (χ3n) is 6.20. The third-order valence-corrected chi connectivity index (χ3v) is 6.20. The van der Waals surface area contributed by atoms with E-state index in [1.165, 1.54) is 25.3 Å². The lowest BCUT2D eigenvalue weighted by atomic mass is 9.53. The number of benzene rings is 1. The van der Waals surface area contributed by atoms with Crippen molar-refractivity contribution in [2.45, 2.75) is 50.2 Å². The Bertz CT molecular complexity index is 724. The van der Waals surface area contributed by atoms with Crippen LogP contribution in [-0.4, -0.2) is 24.0 Å². The summed E-state index contributed by atoms with van der Waals surface area (Å²) >= 11 is 0. The number of hydrogen-bond acceptors (Lipinski definition) is 3. The van der Waals surface area contributed by atoms with E-state index >= 15 is 0 Å². The summed E-state index contributed by atoms with van der Waals surface area (Å²) in [7, 11) is 0. The minimum Gasteiger partial charge on any atom is -0.452 e. The number of rotatable bonds is 4. The molecule has 4 aliphatic rings. The smallest absolute Gasteiger partial charge is 0.416 e. The van der Waals surface area contributed by atoms with Crippen molar-refractivity contribution in [3.63, 3.8) is 0 Å². The fourth-order valence-electron chi connectivity index (χ4n) is 5.63. The number of carbonyl (C=O) groups is 2. The topological polar surface area (TPSA) is 55.4 Å². The van der Waals surface area contributed by atoms with E-state index in [1.54, 1.807) is 0 Å². The Balaban J connectivity index is 1.34. The molecule has 4 nitrogen and oxygen atoms in total. The van der Waals surface area contributed by atoms with E-state index in [-0.39, 0.29) is 17.0 Å². The first-order valence-corrected chi connectivity index (χ1v) is 9.38. The van der Waals surface area contributed by atoms with Gasteiger partial charge in [-0.15, -0.1) is 0 Å². The lowest BCUT2D eigenvalue weighted by molar-refractivity contribution is -0.137. The van der Waals surface area contributed by atoms with Gasteiger partial charge in [0.1, 0.15) is 0 Å². The molecule has 146 valence electrons. The molecule has 1 N–H and O–H groups in total. The van der Waals surface area contributed by atoms with E-state index in [2.05, 4.69) is 5.32 Å². The highest BCUT2D eigenvalue weighted by Gasteiger charge is 2.51. The number of alkyl halides is 3. The van der Waals surface area contributed by atoms with Crippen molar-refractivity contribution in [1.82, 2.24) is 5.32 Å². The molecule has 4 saturated carbocycles. The molecule has 1 amide bonds. The van der Waals surface area contributed by atoms with Gasteiger partial charge in [0.05, 0.1) is 11.1 Å². The van der Waals surface area contributed by atoms with E-state index in [9.17, 15) is 22.8 Å². The van der Waals surface area contributed by atoms with Gasteiger partial charge in [0.15, 0.2) is 6.61 Å². The number of carbonyl (C=O) groups excluding carboxylic acids is 2. The number of amides is 1. The van der Waals surface area contributed by atoms with Gasteiger partial charge in [-0.05, 0) is 74.5 Å². The predicted octanol–water partition coefficient (Wildman–Crippen LogP) is 3.95. The van der Waals surface area contributed by atoms with Crippen LogP contribution < -0.4 is 5.32 Å². The summed E-state index contributed by atoms with van der Waals surface area (Å²) < 4.78 is 43.2. The highest BCUT2D eigenvalue weighted by molar-refractivity contribution is 5.91. The van der Waals surface area contributed by atoms with Gasteiger partial charge in [-0.25, -0.2) is 4.79 Å². The Labute approximate surface area is 155 Å². The summed E-state index contributed by atoms with van der Waals surface area (Å²) in [5, 5.41) is 3.07. The van der Waals surface area contributed by atoms with E-state index in [0.717, 1.165) is 37.5 Å². The Morgan fingerprint density at radius 2 is 1.67 bits per heavy atom. The average molecular weight is 381 g/mol. The first kappa shape index (κ1) is 18.3. The van der Waals surface area contributed by atoms with Gasteiger partial charge in [-0.1, -0.05) is 6.07 Å². The molecular formula is C20H22F3NO3. The molecule has 1 aromatic carbocycles. The summed E-state index contributed by atoms with van der Waals surface area (Å²) in [6.07, 6.45) is 2.15. The van der Waals surface area contributed by atoms with E-state index in [1.807, 2.05) is 0 Å². The highest BCUT2D eigenvalue weighted by Crippen LogP contribution is 2.55. The second-order valence-electron chi connectivity index (χ2n) is 8.40. The van der Waals surface area contributed by atoms with Crippen molar-refractivity contribution in [3.05, 3.63) is 35.4 Å². The number of ether oxygens (including phenoxy) is 1. The van der Waals surface area contributed by atoms with Crippen LogP contribution in [0.25, 0.3) is 0 Å². The van der Waals surface area contributed by atoms with Gasteiger partial charge >= 0.3 is 12.1 Å². The van der Waals surface area contributed by atoms with E-state index < -0.39 is 24.3 Å². The molecule has 0 heterocycles. The second kappa shape index (κ2) is 6.53. The van der Waals surface area contributed by atoms with Crippen LogP contribution in [0, 0.1) is 17.8 Å². The van der Waals surface area contributed by atoms with E-state index in [4.69, 9.17) is 4.74 Å². The molecule has 0 aliphatic heterocycles. The van der Waals surface area contributed by atoms with Crippen molar-refractivity contribution in [3.8, 4) is 0 Å². The van der Waals surface area contributed by atoms with Crippen molar-refractivity contribution >= 4 is 11.9 Å². The Hall–Kier alpha value is -2.05. The lowest BCUT2D eigenvalue weighted by Crippen LogP contribution is -2.60. The summed E-state index contributed by atoms with van der Waals surface area (Å²) in [5.41, 5.74) is -1.32. The fourth-order valence-corrected chi connectivity index (χ4v) is 5.63. The molecule has 0 unspecified atom stereocenters. The molecule has 4 bridgehead atoms. The Kier molecular flexibility index (Phi) is 4.43.